The molecular formula is C18H20FNO3. The first-order chi connectivity index (χ1) is 11.0. The van der Waals surface area contributed by atoms with Gasteiger partial charge in [0.15, 0.2) is 17.7 Å². The Hall–Kier alpha value is -2.56. The number of hydrogen-bond acceptors (Lipinski definition) is 3. The van der Waals surface area contributed by atoms with Crippen molar-refractivity contribution in [1.29, 1.82) is 0 Å². The van der Waals surface area contributed by atoms with Gasteiger partial charge in [0.1, 0.15) is 5.75 Å². The van der Waals surface area contributed by atoms with Crippen LogP contribution in [0.2, 0.25) is 0 Å². The lowest BCUT2D eigenvalue weighted by Gasteiger charge is -2.18. The molecule has 0 bridgehead atoms. The summed E-state index contributed by atoms with van der Waals surface area (Å²) >= 11 is 0. The van der Waals surface area contributed by atoms with Crippen molar-refractivity contribution in [3.05, 3.63) is 53.8 Å². The van der Waals surface area contributed by atoms with Gasteiger partial charge in [-0.1, -0.05) is 25.1 Å². The van der Waals surface area contributed by atoms with E-state index >= 15 is 0 Å². The molecule has 0 saturated heterocycles. The molecular weight excluding hydrogens is 297 g/mol. The van der Waals surface area contributed by atoms with E-state index in [0.29, 0.717) is 17.9 Å². The largest absolute Gasteiger partial charge is 0.495 e. The Morgan fingerprint density at radius 3 is 2.61 bits per heavy atom. The topological polar surface area (TPSA) is 47.6 Å². The van der Waals surface area contributed by atoms with Gasteiger partial charge in [-0.25, -0.2) is 4.39 Å². The number of nitrogens with one attached hydrogen (secondary N) is 1. The number of ether oxygens (including phenoxy) is 2. The number of benzene rings is 2. The van der Waals surface area contributed by atoms with Gasteiger partial charge < -0.3 is 14.8 Å². The summed E-state index contributed by atoms with van der Waals surface area (Å²) in [5.41, 5.74) is 1.55. The van der Waals surface area contributed by atoms with E-state index in [2.05, 4.69) is 5.32 Å². The maximum absolute atomic E-state index is 13.7. The zero-order valence-electron chi connectivity index (χ0n) is 13.4. The number of anilines is 1. The van der Waals surface area contributed by atoms with Crippen molar-refractivity contribution in [3.8, 4) is 11.5 Å². The third-order valence-electron chi connectivity index (χ3n) is 3.38. The fraction of sp³-hybridized carbons (Fsp3) is 0.278. The molecule has 5 heteroatoms. The molecule has 0 fully saturated rings. The lowest BCUT2D eigenvalue weighted by atomic mass is 10.2. The summed E-state index contributed by atoms with van der Waals surface area (Å²) in [6.07, 6.45) is -0.383. The molecule has 0 aromatic heterocycles. The molecule has 2 rings (SSSR count). The summed E-state index contributed by atoms with van der Waals surface area (Å²) in [7, 11) is 1.54. The molecule has 0 saturated carbocycles. The first-order valence-corrected chi connectivity index (χ1v) is 7.41. The number of para-hydroxylation sites is 1. The normalized spacial score (nSPS) is 11.7. The van der Waals surface area contributed by atoms with Crippen molar-refractivity contribution >= 4 is 11.6 Å². The third kappa shape index (κ3) is 4.22. The maximum Gasteiger partial charge on any atom is 0.265 e. The zero-order valence-corrected chi connectivity index (χ0v) is 13.4. The molecule has 4 nitrogen and oxygen atoms in total. The number of carbonyl (C=O) groups is 1. The van der Waals surface area contributed by atoms with Gasteiger partial charge in [0.2, 0.25) is 0 Å². The summed E-state index contributed by atoms with van der Waals surface area (Å²) in [4.78, 5) is 12.4. The summed E-state index contributed by atoms with van der Waals surface area (Å²) in [5.74, 6) is -0.220. The van der Waals surface area contributed by atoms with Gasteiger partial charge in [-0.15, -0.1) is 0 Å². The number of hydrogen-bond donors (Lipinski definition) is 1. The van der Waals surface area contributed by atoms with Crippen molar-refractivity contribution in [2.45, 2.75) is 26.4 Å². The van der Waals surface area contributed by atoms with Crippen molar-refractivity contribution in [2.24, 2.45) is 0 Å². The molecule has 1 N–H and O–H groups in total. The van der Waals surface area contributed by atoms with Crippen LogP contribution in [0.4, 0.5) is 10.1 Å². The number of rotatable bonds is 6. The van der Waals surface area contributed by atoms with Crippen LogP contribution in [-0.2, 0) is 4.79 Å². The molecule has 0 radical (unpaired) electrons. The molecule has 122 valence electrons. The first-order valence-electron chi connectivity index (χ1n) is 7.41. The fourth-order valence-electron chi connectivity index (χ4n) is 2.15. The second kappa shape index (κ2) is 7.63. The summed E-state index contributed by atoms with van der Waals surface area (Å²) in [5, 5.41) is 2.78. The van der Waals surface area contributed by atoms with Gasteiger partial charge >= 0.3 is 0 Å². The maximum atomic E-state index is 13.7. The average Bonchev–Trinajstić information content (AvgIpc) is 2.54. The molecule has 1 amide bonds. The Bertz CT molecular complexity index is 688. The second-order valence-corrected chi connectivity index (χ2v) is 5.14. The fourth-order valence-corrected chi connectivity index (χ4v) is 2.15. The Morgan fingerprint density at radius 1 is 1.22 bits per heavy atom. The minimum atomic E-state index is -0.794. The standard InChI is InChI=1S/C18H20FNO3/c1-4-15(23-16-8-6-5-7-13(16)19)18(21)20-14-11-12(2)9-10-17(14)22-3/h5-11,15H,4H2,1-3H3,(H,20,21). The molecule has 0 aliphatic heterocycles. The van der Waals surface area contributed by atoms with Crippen molar-refractivity contribution in [1.82, 2.24) is 0 Å². The van der Waals surface area contributed by atoms with E-state index in [9.17, 15) is 9.18 Å². The highest BCUT2D eigenvalue weighted by Crippen LogP contribution is 2.26. The lowest BCUT2D eigenvalue weighted by molar-refractivity contribution is -0.122. The van der Waals surface area contributed by atoms with E-state index in [-0.39, 0.29) is 11.7 Å². The van der Waals surface area contributed by atoms with Crippen LogP contribution in [0.15, 0.2) is 42.5 Å². The third-order valence-corrected chi connectivity index (χ3v) is 3.38. The van der Waals surface area contributed by atoms with Gasteiger partial charge in [0, 0.05) is 0 Å². The van der Waals surface area contributed by atoms with Crippen LogP contribution in [0.25, 0.3) is 0 Å². The number of aryl methyl sites for hydroxylation is 1. The van der Waals surface area contributed by atoms with Crippen LogP contribution in [0, 0.1) is 12.7 Å². The molecule has 0 aliphatic rings. The van der Waals surface area contributed by atoms with E-state index in [1.165, 1.54) is 19.2 Å². The molecule has 0 heterocycles. The Kier molecular flexibility index (Phi) is 5.57. The van der Waals surface area contributed by atoms with Crippen LogP contribution >= 0.6 is 0 Å². The molecule has 0 spiro atoms. The SMILES string of the molecule is CCC(Oc1ccccc1F)C(=O)Nc1cc(C)ccc1OC. The van der Waals surface area contributed by atoms with Gasteiger partial charge in [-0.05, 0) is 43.2 Å². The molecule has 1 unspecified atom stereocenters. The molecule has 1 atom stereocenters. The van der Waals surface area contributed by atoms with Crippen molar-refractivity contribution < 1.29 is 18.7 Å². The quantitative estimate of drug-likeness (QED) is 0.878. The van der Waals surface area contributed by atoms with Gasteiger partial charge in [-0.2, -0.15) is 0 Å². The smallest absolute Gasteiger partial charge is 0.265 e. The van der Waals surface area contributed by atoms with E-state index in [1.54, 1.807) is 25.1 Å². The van der Waals surface area contributed by atoms with E-state index in [4.69, 9.17) is 9.47 Å². The van der Waals surface area contributed by atoms with Gasteiger partial charge in [0.25, 0.3) is 5.91 Å². The highest BCUT2D eigenvalue weighted by Gasteiger charge is 2.21. The lowest BCUT2D eigenvalue weighted by Crippen LogP contribution is -2.32. The Labute approximate surface area is 135 Å². The Balaban J connectivity index is 2.15. The summed E-state index contributed by atoms with van der Waals surface area (Å²) in [6, 6.07) is 11.5. The second-order valence-electron chi connectivity index (χ2n) is 5.14. The van der Waals surface area contributed by atoms with E-state index in [1.807, 2.05) is 19.1 Å². The predicted molar refractivity (Wildman–Crippen MR) is 87.5 cm³/mol. The monoisotopic (exact) mass is 317 g/mol. The Morgan fingerprint density at radius 2 is 1.96 bits per heavy atom. The van der Waals surface area contributed by atoms with Crippen LogP contribution in [-0.4, -0.2) is 19.1 Å². The van der Waals surface area contributed by atoms with Gasteiger partial charge in [0.05, 0.1) is 12.8 Å². The average molecular weight is 317 g/mol. The highest BCUT2D eigenvalue weighted by atomic mass is 19.1. The predicted octanol–water partition coefficient (Wildman–Crippen LogP) is 3.94. The van der Waals surface area contributed by atoms with Crippen LogP contribution in [0.3, 0.4) is 0 Å². The van der Waals surface area contributed by atoms with Crippen molar-refractivity contribution in [3.63, 3.8) is 0 Å². The van der Waals surface area contributed by atoms with Crippen LogP contribution in [0.5, 0.6) is 11.5 Å². The number of carbonyl (C=O) groups excluding carboxylic acids is 1. The molecule has 0 aliphatic carbocycles. The van der Waals surface area contributed by atoms with Crippen LogP contribution < -0.4 is 14.8 Å². The molecule has 2 aromatic rings. The van der Waals surface area contributed by atoms with E-state index in [0.717, 1.165) is 5.56 Å². The summed E-state index contributed by atoms with van der Waals surface area (Å²) in [6.45, 7) is 3.72. The molecule has 23 heavy (non-hydrogen) atoms. The summed E-state index contributed by atoms with van der Waals surface area (Å²) < 4.78 is 24.4. The first kappa shape index (κ1) is 16.8. The number of amides is 1. The number of methoxy groups -OCH3 is 1. The minimum absolute atomic E-state index is 0.0608. The highest BCUT2D eigenvalue weighted by molar-refractivity contribution is 5.95. The van der Waals surface area contributed by atoms with Crippen molar-refractivity contribution in [2.75, 3.05) is 12.4 Å². The zero-order chi connectivity index (χ0) is 16.8. The van der Waals surface area contributed by atoms with E-state index < -0.39 is 11.9 Å². The minimum Gasteiger partial charge on any atom is -0.495 e. The molecule has 2 aromatic carbocycles. The number of halogens is 1. The van der Waals surface area contributed by atoms with Gasteiger partial charge in [-0.3, -0.25) is 4.79 Å². The van der Waals surface area contributed by atoms with Crippen LogP contribution in [0.1, 0.15) is 18.9 Å².